The van der Waals surface area contributed by atoms with Gasteiger partial charge in [0.1, 0.15) is 23.8 Å². The van der Waals surface area contributed by atoms with Crippen LogP contribution in [0.5, 0.6) is 11.5 Å². The minimum absolute atomic E-state index is 0.0166. The van der Waals surface area contributed by atoms with Crippen molar-refractivity contribution in [2.75, 3.05) is 13.3 Å². The average Bonchev–Trinajstić information content (AvgIpc) is 3.43. The normalized spacial score (nSPS) is 24.4. The Kier molecular flexibility index (Phi) is 10.6. The minimum Gasteiger partial charge on any atom is -0.454 e. The first kappa shape index (κ1) is 35.1. The molecule has 4 aliphatic rings. The number of benzene rings is 1. The highest BCUT2D eigenvalue weighted by atomic mass is 16.7. The van der Waals surface area contributed by atoms with Crippen LogP contribution in [0.2, 0.25) is 0 Å². The van der Waals surface area contributed by atoms with Crippen molar-refractivity contribution in [2.24, 2.45) is 5.92 Å². The van der Waals surface area contributed by atoms with E-state index in [0.717, 1.165) is 43.2 Å². The topological polar surface area (TPSA) is 136 Å². The fourth-order valence-electron chi connectivity index (χ4n) is 6.90. The molecule has 5 atom stereocenters. The lowest BCUT2D eigenvalue weighted by atomic mass is 10.0. The van der Waals surface area contributed by atoms with Gasteiger partial charge in [0.25, 0.3) is 0 Å². The second kappa shape index (κ2) is 14.5. The molecule has 12 heteroatoms. The van der Waals surface area contributed by atoms with Crippen molar-refractivity contribution in [3.63, 3.8) is 0 Å². The Bertz CT molecular complexity index is 1420. The van der Waals surface area contributed by atoms with Crippen LogP contribution in [0.3, 0.4) is 0 Å². The Morgan fingerprint density at radius 2 is 1.92 bits per heavy atom. The van der Waals surface area contributed by atoms with E-state index in [0.29, 0.717) is 37.4 Å². The number of fused-ring (bicyclic) bond motifs is 3. The third kappa shape index (κ3) is 7.90. The Balaban J connectivity index is 1.31. The van der Waals surface area contributed by atoms with Crippen LogP contribution in [0, 0.1) is 5.92 Å². The molecule has 0 bridgehead atoms. The van der Waals surface area contributed by atoms with Gasteiger partial charge in [0.2, 0.25) is 18.6 Å². The van der Waals surface area contributed by atoms with Gasteiger partial charge in [-0.15, -0.1) is 13.2 Å². The highest BCUT2D eigenvalue weighted by Gasteiger charge is 2.54. The lowest BCUT2D eigenvalue weighted by molar-refractivity contribution is -0.140. The van der Waals surface area contributed by atoms with Crippen LogP contribution in [0.1, 0.15) is 90.2 Å². The smallest absolute Gasteiger partial charge is 0.410 e. The highest BCUT2D eigenvalue weighted by Crippen LogP contribution is 2.47. The summed E-state index contributed by atoms with van der Waals surface area (Å²) in [5, 5.41) is 5.95. The second-order valence-corrected chi connectivity index (χ2v) is 14.2. The predicted octanol–water partition coefficient (Wildman–Crippen LogP) is 5.34. The van der Waals surface area contributed by atoms with Crippen molar-refractivity contribution >= 4 is 24.0 Å². The van der Waals surface area contributed by atoms with Crippen molar-refractivity contribution in [2.45, 2.75) is 121 Å². The Morgan fingerprint density at radius 3 is 2.60 bits per heavy atom. The number of alkyl carbamates (subject to hydrolysis) is 1. The number of carbonyl (C=O) groups excluding carboxylic acids is 4. The van der Waals surface area contributed by atoms with Crippen molar-refractivity contribution in [1.29, 1.82) is 0 Å². The minimum atomic E-state index is -0.923. The summed E-state index contributed by atoms with van der Waals surface area (Å²) in [5.41, 5.74) is 0.672. The van der Waals surface area contributed by atoms with E-state index in [1.807, 2.05) is 31.2 Å². The maximum atomic E-state index is 14.3. The number of unbranched alkanes of at least 4 members (excludes halogenated alkanes) is 3. The monoisotopic (exact) mass is 666 g/mol. The zero-order valence-electron chi connectivity index (χ0n) is 28.7. The maximum absolute atomic E-state index is 14.3. The summed E-state index contributed by atoms with van der Waals surface area (Å²) >= 11 is 0. The second-order valence-electron chi connectivity index (χ2n) is 14.2. The van der Waals surface area contributed by atoms with Crippen molar-refractivity contribution in [3.8, 4) is 11.5 Å². The Morgan fingerprint density at radius 1 is 1.12 bits per heavy atom. The van der Waals surface area contributed by atoms with Crippen LogP contribution in [0.25, 0.3) is 0 Å². The van der Waals surface area contributed by atoms with Crippen LogP contribution in [-0.2, 0) is 32.2 Å². The molecule has 0 spiro atoms. The van der Waals surface area contributed by atoms with Crippen LogP contribution in [0.4, 0.5) is 9.59 Å². The average molecular weight is 667 g/mol. The SMILES string of the molecule is C=CCCCCC[C@H](NC(=O)OC(C)(C)C)C(=O)N1C[C@H](OC(=O)N2Cc3ccc4c(c3C2)OCO4)C[C@H]1C(=O)N[C@]1(CC)C[C@H]1C=C. The van der Waals surface area contributed by atoms with E-state index in [2.05, 4.69) is 23.8 Å². The van der Waals surface area contributed by atoms with Crippen molar-refractivity contribution in [1.82, 2.24) is 20.4 Å². The molecule has 262 valence electrons. The quantitative estimate of drug-likeness (QED) is 0.213. The number of hydrogen-bond acceptors (Lipinski definition) is 8. The zero-order chi connectivity index (χ0) is 34.6. The third-order valence-corrected chi connectivity index (χ3v) is 9.63. The van der Waals surface area contributed by atoms with Crippen LogP contribution >= 0.6 is 0 Å². The molecule has 3 heterocycles. The predicted molar refractivity (Wildman–Crippen MR) is 178 cm³/mol. The van der Waals surface area contributed by atoms with Crippen molar-refractivity contribution in [3.05, 3.63) is 48.6 Å². The lowest BCUT2D eigenvalue weighted by Crippen LogP contribution is -2.55. The lowest BCUT2D eigenvalue weighted by Gasteiger charge is -2.30. The molecule has 3 aliphatic heterocycles. The number of ether oxygens (including phenoxy) is 4. The number of amides is 4. The molecule has 0 radical (unpaired) electrons. The summed E-state index contributed by atoms with van der Waals surface area (Å²) < 4.78 is 22.6. The van der Waals surface area contributed by atoms with Gasteiger partial charge in [0.05, 0.1) is 13.1 Å². The van der Waals surface area contributed by atoms with E-state index in [-0.39, 0.29) is 31.6 Å². The number of nitrogens with zero attached hydrogens (tertiary/aromatic N) is 2. The number of carbonyl (C=O) groups is 4. The molecule has 1 aromatic rings. The van der Waals surface area contributed by atoms with Crippen LogP contribution in [0.15, 0.2) is 37.4 Å². The standard InChI is InChI=1S/C36H50N4O8/c1-7-10-11-12-13-14-27(37-33(43)48-35(4,5)6)32(42)40-20-25(17-28(40)31(41)38-36(9-3)18-24(36)8-2)47-34(44)39-19-23-15-16-29-30(26(23)21-39)46-22-45-29/h7-8,15-16,24-25,27-28H,1-2,9-14,17-22H2,3-6H3,(H,37,43)(H,38,41)/t24-,25-,27+,28+,36-/m1/s1. The maximum Gasteiger partial charge on any atom is 0.410 e. The number of allylic oxidation sites excluding steroid dienone is 1. The van der Waals surface area contributed by atoms with E-state index in [9.17, 15) is 19.2 Å². The molecule has 5 rings (SSSR count). The van der Waals surface area contributed by atoms with Crippen molar-refractivity contribution < 1.29 is 38.1 Å². The summed E-state index contributed by atoms with van der Waals surface area (Å²) in [7, 11) is 0. The fourth-order valence-corrected chi connectivity index (χ4v) is 6.90. The van der Waals surface area contributed by atoms with Gasteiger partial charge in [-0.1, -0.05) is 38.0 Å². The number of nitrogens with one attached hydrogen (secondary N) is 2. The van der Waals surface area contributed by atoms with Gasteiger partial charge in [0, 0.05) is 30.0 Å². The van der Waals surface area contributed by atoms with Crippen LogP contribution < -0.4 is 20.1 Å². The first-order valence-electron chi connectivity index (χ1n) is 17.1. The fraction of sp³-hybridized carbons (Fsp3) is 0.611. The molecular formula is C36H50N4O8. The largest absolute Gasteiger partial charge is 0.454 e. The zero-order valence-corrected chi connectivity index (χ0v) is 28.7. The van der Waals surface area contributed by atoms with E-state index < -0.39 is 47.4 Å². The molecule has 1 aromatic carbocycles. The van der Waals surface area contributed by atoms with E-state index in [4.69, 9.17) is 18.9 Å². The summed E-state index contributed by atoms with van der Waals surface area (Å²) in [4.78, 5) is 57.5. The molecule has 48 heavy (non-hydrogen) atoms. The summed E-state index contributed by atoms with van der Waals surface area (Å²) in [6.07, 6.45) is 7.01. The molecular weight excluding hydrogens is 616 g/mol. The van der Waals surface area contributed by atoms with E-state index in [1.165, 1.54) is 4.90 Å². The molecule has 0 unspecified atom stereocenters. The molecule has 1 saturated heterocycles. The first-order valence-corrected chi connectivity index (χ1v) is 17.1. The van der Waals surface area contributed by atoms with Gasteiger partial charge >= 0.3 is 12.2 Å². The number of rotatable bonds is 13. The molecule has 4 amide bonds. The molecule has 2 fully saturated rings. The van der Waals surface area contributed by atoms with Gasteiger partial charge in [0.15, 0.2) is 11.5 Å². The van der Waals surface area contributed by atoms with Gasteiger partial charge < -0.3 is 34.5 Å². The van der Waals surface area contributed by atoms with Gasteiger partial charge in [-0.2, -0.15) is 0 Å². The van der Waals surface area contributed by atoms with E-state index >= 15 is 0 Å². The van der Waals surface area contributed by atoms with Crippen LogP contribution in [-0.4, -0.2) is 76.5 Å². The highest BCUT2D eigenvalue weighted by molar-refractivity contribution is 5.92. The number of likely N-dealkylation sites (tertiary alicyclic amines) is 1. The van der Waals surface area contributed by atoms with Gasteiger partial charge in [-0.3, -0.25) is 14.5 Å². The van der Waals surface area contributed by atoms with Gasteiger partial charge in [-0.05, 0) is 64.5 Å². The Labute approximate surface area is 283 Å². The summed E-state index contributed by atoms with van der Waals surface area (Å²) in [6.45, 7) is 15.7. The third-order valence-electron chi connectivity index (χ3n) is 9.63. The molecule has 2 N–H and O–H groups in total. The Hall–Kier alpha value is -4.22. The molecule has 0 aromatic heterocycles. The number of hydrogen-bond donors (Lipinski definition) is 2. The molecule has 1 saturated carbocycles. The van der Waals surface area contributed by atoms with Gasteiger partial charge in [-0.25, -0.2) is 9.59 Å². The first-order chi connectivity index (χ1) is 22.9. The molecule has 1 aliphatic carbocycles. The molecule has 12 nitrogen and oxygen atoms in total. The summed E-state index contributed by atoms with van der Waals surface area (Å²) in [5.74, 6) is 0.725. The van der Waals surface area contributed by atoms with E-state index in [1.54, 1.807) is 25.7 Å². The summed E-state index contributed by atoms with van der Waals surface area (Å²) in [6, 6.07) is 1.94.